The molecule has 0 aliphatic rings. The van der Waals surface area contributed by atoms with Crippen molar-refractivity contribution in [3.8, 4) is 0 Å². The van der Waals surface area contributed by atoms with Crippen LogP contribution in [-0.2, 0) is 13.5 Å². The van der Waals surface area contributed by atoms with E-state index in [0.717, 1.165) is 5.82 Å². The summed E-state index contributed by atoms with van der Waals surface area (Å²) in [7, 11) is 1.83. The van der Waals surface area contributed by atoms with Gasteiger partial charge < -0.3 is 15.0 Å². The molecule has 2 heterocycles. The Labute approximate surface area is 114 Å². The van der Waals surface area contributed by atoms with Crippen LogP contribution in [0.1, 0.15) is 26.7 Å². The molecule has 2 aromatic heterocycles. The smallest absolute Gasteiger partial charge is 0.354 e. The van der Waals surface area contributed by atoms with Crippen molar-refractivity contribution >= 4 is 11.9 Å². The zero-order valence-corrected chi connectivity index (χ0v) is 10.8. The van der Waals surface area contributed by atoms with Gasteiger partial charge in [0.25, 0.3) is 5.91 Å². The van der Waals surface area contributed by atoms with Gasteiger partial charge in [0.1, 0.15) is 17.8 Å². The van der Waals surface area contributed by atoms with Crippen molar-refractivity contribution in [2.24, 2.45) is 7.05 Å². The normalized spacial score (nSPS) is 10.2. The van der Waals surface area contributed by atoms with Crippen LogP contribution in [0.5, 0.6) is 0 Å². The number of pyridine rings is 1. The molecule has 0 bridgehead atoms. The highest BCUT2D eigenvalue weighted by Crippen LogP contribution is 2.00. The van der Waals surface area contributed by atoms with Gasteiger partial charge in [0.15, 0.2) is 0 Å². The Morgan fingerprint density at radius 3 is 2.75 bits per heavy atom. The SMILES string of the molecule is Cn1cnnc1CCNC(=O)c1ccc(C(=O)O)nc1. The van der Waals surface area contributed by atoms with Crippen molar-refractivity contribution in [2.45, 2.75) is 6.42 Å². The molecule has 0 aliphatic heterocycles. The molecule has 0 unspecified atom stereocenters. The number of rotatable bonds is 5. The number of carbonyl (C=O) groups is 2. The van der Waals surface area contributed by atoms with Crippen LogP contribution < -0.4 is 5.32 Å². The number of carbonyl (C=O) groups excluding carboxylic acids is 1. The van der Waals surface area contributed by atoms with Crippen molar-refractivity contribution in [1.29, 1.82) is 0 Å². The summed E-state index contributed by atoms with van der Waals surface area (Å²) in [5.74, 6) is -0.666. The number of nitrogens with zero attached hydrogens (tertiary/aromatic N) is 4. The molecule has 0 saturated heterocycles. The summed E-state index contributed by atoms with van der Waals surface area (Å²) >= 11 is 0. The summed E-state index contributed by atoms with van der Waals surface area (Å²) in [6.07, 6.45) is 3.38. The Balaban J connectivity index is 1.88. The van der Waals surface area contributed by atoms with Crippen LogP contribution in [0.15, 0.2) is 24.7 Å². The summed E-state index contributed by atoms with van der Waals surface area (Å²) < 4.78 is 1.77. The third-order valence-electron chi connectivity index (χ3n) is 2.68. The Hall–Kier alpha value is -2.77. The number of hydrogen-bond acceptors (Lipinski definition) is 5. The minimum atomic E-state index is -1.13. The van der Waals surface area contributed by atoms with Crippen LogP contribution in [0, 0.1) is 0 Å². The minimum absolute atomic E-state index is 0.0966. The first-order valence-electron chi connectivity index (χ1n) is 5.88. The number of carboxylic acid groups (broad SMARTS) is 1. The van der Waals surface area contributed by atoms with E-state index in [0.29, 0.717) is 18.5 Å². The number of hydrogen-bond donors (Lipinski definition) is 2. The van der Waals surface area contributed by atoms with Crippen LogP contribution >= 0.6 is 0 Å². The quantitative estimate of drug-likeness (QED) is 0.787. The highest BCUT2D eigenvalue weighted by molar-refractivity contribution is 5.94. The van der Waals surface area contributed by atoms with Crippen molar-refractivity contribution < 1.29 is 14.7 Å². The Morgan fingerprint density at radius 1 is 1.40 bits per heavy atom. The number of carboxylic acids is 1. The van der Waals surface area contributed by atoms with Gasteiger partial charge in [-0.25, -0.2) is 9.78 Å². The highest BCUT2D eigenvalue weighted by Gasteiger charge is 2.09. The lowest BCUT2D eigenvalue weighted by molar-refractivity contribution is 0.0689. The van der Waals surface area contributed by atoms with Gasteiger partial charge in [-0.15, -0.1) is 10.2 Å². The molecule has 2 rings (SSSR count). The van der Waals surface area contributed by atoms with E-state index in [9.17, 15) is 9.59 Å². The second-order valence-electron chi connectivity index (χ2n) is 4.10. The lowest BCUT2D eigenvalue weighted by Crippen LogP contribution is -2.26. The van der Waals surface area contributed by atoms with Gasteiger partial charge in [0.05, 0.1) is 5.56 Å². The average Bonchev–Trinajstić information content (AvgIpc) is 2.84. The summed E-state index contributed by atoms with van der Waals surface area (Å²) in [5, 5.41) is 19.1. The van der Waals surface area contributed by atoms with Gasteiger partial charge in [-0.3, -0.25) is 4.79 Å². The number of amides is 1. The van der Waals surface area contributed by atoms with Crippen LogP contribution in [-0.4, -0.2) is 43.3 Å². The van der Waals surface area contributed by atoms with E-state index in [1.165, 1.54) is 18.3 Å². The lowest BCUT2D eigenvalue weighted by Gasteiger charge is -2.05. The molecule has 0 atom stereocenters. The van der Waals surface area contributed by atoms with E-state index >= 15 is 0 Å². The fourth-order valence-corrected chi connectivity index (χ4v) is 1.58. The molecule has 0 fully saturated rings. The van der Waals surface area contributed by atoms with Crippen LogP contribution in [0.3, 0.4) is 0 Å². The van der Waals surface area contributed by atoms with Crippen LogP contribution in [0.25, 0.3) is 0 Å². The highest BCUT2D eigenvalue weighted by atomic mass is 16.4. The predicted molar refractivity (Wildman–Crippen MR) is 68.2 cm³/mol. The van der Waals surface area contributed by atoms with Crippen molar-refractivity contribution in [1.82, 2.24) is 25.1 Å². The second kappa shape index (κ2) is 5.91. The van der Waals surface area contributed by atoms with Gasteiger partial charge in [-0.1, -0.05) is 0 Å². The standard InChI is InChI=1S/C12H13N5O3/c1-17-7-15-16-10(17)4-5-13-11(18)8-2-3-9(12(19)20)14-6-8/h2-3,6-7H,4-5H2,1H3,(H,13,18)(H,19,20). The molecule has 0 saturated carbocycles. The van der Waals surface area contributed by atoms with E-state index < -0.39 is 5.97 Å². The van der Waals surface area contributed by atoms with Gasteiger partial charge in [-0.2, -0.15) is 0 Å². The Bertz CT molecular complexity index is 620. The molecular weight excluding hydrogens is 262 g/mol. The molecule has 0 aliphatic carbocycles. The first-order chi connectivity index (χ1) is 9.58. The van der Waals surface area contributed by atoms with E-state index in [2.05, 4.69) is 20.5 Å². The minimum Gasteiger partial charge on any atom is -0.477 e. The summed E-state index contributed by atoms with van der Waals surface area (Å²) in [6, 6.07) is 2.72. The number of nitrogens with one attached hydrogen (secondary N) is 1. The summed E-state index contributed by atoms with van der Waals surface area (Å²) in [5.41, 5.74) is 0.216. The second-order valence-corrected chi connectivity index (χ2v) is 4.10. The summed E-state index contributed by atoms with van der Waals surface area (Å²) in [4.78, 5) is 26.1. The van der Waals surface area contributed by atoms with E-state index in [-0.39, 0.29) is 11.6 Å². The number of aromatic nitrogens is 4. The van der Waals surface area contributed by atoms with Crippen LogP contribution in [0.4, 0.5) is 0 Å². The molecule has 2 aromatic rings. The molecule has 8 heteroatoms. The molecule has 20 heavy (non-hydrogen) atoms. The van der Waals surface area contributed by atoms with E-state index in [4.69, 9.17) is 5.11 Å². The van der Waals surface area contributed by atoms with Crippen LogP contribution in [0.2, 0.25) is 0 Å². The average molecular weight is 275 g/mol. The molecule has 8 nitrogen and oxygen atoms in total. The van der Waals surface area contributed by atoms with Gasteiger partial charge in [0.2, 0.25) is 0 Å². The number of aromatic carboxylic acids is 1. The third-order valence-corrected chi connectivity index (χ3v) is 2.68. The van der Waals surface area contributed by atoms with Crippen molar-refractivity contribution in [3.63, 3.8) is 0 Å². The van der Waals surface area contributed by atoms with Gasteiger partial charge in [-0.05, 0) is 12.1 Å². The maximum Gasteiger partial charge on any atom is 0.354 e. The van der Waals surface area contributed by atoms with Crippen molar-refractivity contribution in [3.05, 3.63) is 41.7 Å². The van der Waals surface area contributed by atoms with E-state index in [1.807, 2.05) is 7.05 Å². The maximum atomic E-state index is 11.8. The molecule has 2 N–H and O–H groups in total. The topological polar surface area (TPSA) is 110 Å². The largest absolute Gasteiger partial charge is 0.477 e. The van der Waals surface area contributed by atoms with Gasteiger partial charge in [0, 0.05) is 26.2 Å². The monoisotopic (exact) mass is 275 g/mol. The Morgan fingerprint density at radius 2 is 2.20 bits per heavy atom. The maximum absolute atomic E-state index is 11.8. The van der Waals surface area contributed by atoms with Crippen molar-refractivity contribution in [2.75, 3.05) is 6.54 Å². The third kappa shape index (κ3) is 3.16. The molecule has 104 valence electrons. The molecule has 1 amide bonds. The Kier molecular flexibility index (Phi) is 4.04. The molecule has 0 aromatic carbocycles. The summed E-state index contributed by atoms with van der Waals surface area (Å²) in [6.45, 7) is 0.409. The number of aryl methyl sites for hydroxylation is 1. The fourth-order valence-electron chi connectivity index (χ4n) is 1.58. The zero-order valence-electron chi connectivity index (χ0n) is 10.8. The fraction of sp³-hybridized carbons (Fsp3) is 0.250. The first kappa shape index (κ1) is 13.7. The van der Waals surface area contributed by atoms with E-state index in [1.54, 1.807) is 10.9 Å². The van der Waals surface area contributed by atoms with Gasteiger partial charge >= 0.3 is 5.97 Å². The lowest BCUT2D eigenvalue weighted by atomic mass is 10.2. The first-order valence-corrected chi connectivity index (χ1v) is 5.88. The zero-order chi connectivity index (χ0) is 14.5. The molecule has 0 radical (unpaired) electrons. The molecule has 0 spiro atoms. The predicted octanol–water partition coefficient (Wildman–Crippen LogP) is -0.119. The molecular formula is C12H13N5O3.